The molecule has 0 aromatic carbocycles. The van der Waals surface area contributed by atoms with Crippen molar-refractivity contribution in [2.45, 2.75) is 263 Å². The number of hydrogen-bond acceptors (Lipinski definition) is 4. The normalized spacial score (nSPS) is 13.8. The smallest absolute Gasteiger partial charge is 0.220 e. The number of allylic oxidation sites excluding steroid dienone is 6. The first kappa shape index (κ1) is 52.6. The molecule has 0 spiro atoms. The van der Waals surface area contributed by atoms with Crippen LogP contribution >= 0.6 is 0 Å². The molecule has 0 aliphatic rings. The molecule has 1 amide bonds. The largest absolute Gasteiger partial charge is 0.394 e. The van der Waals surface area contributed by atoms with Crippen molar-refractivity contribution in [2.75, 3.05) is 6.61 Å². The van der Waals surface area contributed by atoms with Crippen LogP contribution in [-0.2, 0) is 4.79 Å². The van der Waals surface area contributed by atoms with E-state index in [-0.39, 0.29) is 12.5 Å². The molecule has 318 valence electrons. The van der Waals surface area contributed by atoms with Crippen molar-refractivity contribution in [1.29, 1.82) is 0 Å². The number of rotatable bonds is 43. The highest BCUT2D eigenvalue weighted by molar-refractivity contribution is 5.76. The Labute approximate surface area is 336 Å². The van der Waals surface area contributed by atoms with Gasteiger partial charge in [0.1, 0.15) is 6.10 Å². The van der Waals surface area contributed by atoms with Gasteiger partial charge in [0, 0.05) is 6.42 Å². The average Bonchev–Trinajstić information content (AvgIpc) is 3.18. The lowest BCUT2D eigenvalue weighted by molar-refractivity contribution is -0.124. The maximum absolute atomic E-state index is 12.4. The van der Waals surface area contributed by atoms with Gasteiger partial charge >= 0.3 is 0 Å². The molecule has 0 bridgehead atoms. The van der Waals surface area contributed by atoms with Crippen molar-refractivity contribution in [3.63, 3.8) is 0 Å². The van der Waals surface area contributed by atoms with Gasteiger partial charge in [-0.2, -0.15) is 0 Å². The average molecular weight is 760 g/mol. The summed E-state index contributed by atoms with van der Waals surface area (Å²) < 4.78 is 0. The van der Waals surface area contributed by atoms with Crippen LogP contribution in [0.1, 0.15) is 245 Å². The second-order valence-corrected chi connectivity index (χ2v) is 16.3. The molecule has 5 heteroatoms. The lowest BCUT2D eigenvalue weighted by atomic mass is 10.0. The maximum Gasteiger partial charge on any atom is 0.220 e. The summed E-state index contributed by atoms with van der Waals surface area (Å²) in [4.78, 5) is 12.4. The first-order chi connectivity index (χ1) is 26.6. The molecule has 0 aliphatic heterocycles. The minimum Gasteiger partial charge on any atom is -0.394 e. The SMILES string of the molecule is CCCCCCCCCC/C=C/CC/C=C/CCCC(O)C(O)C(CO)NC(=O)CCCCCCCCC/C=C\CCCCCCCCCCCCCC. The number of nitrogens with one attached hydrogen (secondary N) is 1. The molecule has 3 atom stereocenters. The Morgan fingerprint density at radius 2 is 0.759 bits per heavy atom. The lowest BCUT2D eigenvalue weighted by Crippen LogP contribution is -2.50. The van der Waals surface area contributed by atoms with Gasteiger partial charge in [0.05, 0.1) is 18.8 Å². The summed E-state index contributed by atoms with van der Waals surface area (Å²) in [5.41, 5.74) is 0. The zero-order valence-electron chi connectivity index (χ0n) is 36.1. The molecule has 5 nitrogen and oxygen atoms in total. The Morgan fingerprint density at radius 3 is 1.13 bits per heavy atom. The molecule has 0 rings (SSSR count). The van der Waals surface area contributed by atoms with E-state index in [0.717, 1.165) is 44.9 Å². The van der Waals surface area contributed by atoms with Gasteiger partial charge in [0.2, 0.25) is 5.91 Å². The molecule has 0 aromatic heterocycles. The van der Waals surface area contributed by atoms with Crippen LogP contribution in [0.15, 0.2) is 36.5 Å². The number of carbonyl (C=O) groups excluding carboxylic acids is 1. The van der Waals surface area contributed by atoms with Crippen LogP contribution in [0, 0.1) is 0 Å². The molecule has 0 saturated heterocycles. The predicted octanol–water partition coefficient (Wildman–Crippen LogP) is 13.9. The standard InChI is InChI=1S/C49H93NO4/c1-3-5-7-9-11-13-15-17-19-21-22-23-24-25-26-28-30-32-34-36-38-40-42-44-48(53)50-46(45-51)49(54)47(52)43-41-39-37-35-33-31-29-27-20-18-16-14-12-10-8-6-4-2/h25-27,29,35,37,46-47,49,51-52,54H,3-24,28,30-34,36,38-45H2,1-2H3,(H,50,53)/b26-25-,29-27+,37-35+. The van der Waals surface area contributed by atoms with Crippen molar-refractivity contribution < 1.29 is 20.1 Å². The minimum absolute atomic E-state index is 0.162. The first-order valence-electron chi connectivity index (χ1n) is 23.8. The van der Waals surface area contributed by atoms with Crippen LogP contribution in [0.4, 0.5) is 0 Å². The molecule has 0 fully saturated rings. The zero-order valence-corrected chi connectivity index (χ0v) is 36.1. The van der Waals surface area contributed by atoms with E-state index in [9.17, 15) is 20.1 Å². The van der Waals surface area contributed by atoms with Crippen LogP contribution in [0.2, 0.25) is 0 Å². The van der Waals surface area contributed by atoms with Crippen molar-refractivity contribution >= 4 is 5.91 Å². The fourth-order valence-electron chi connectivity index (χ4n) is 7.23. The summed E-state index contributed by atoms with van der Waals surface area (Å²) in [5, 5.41) is 33.5. The van der Waals surface area contributed by atoms with E-state index in [1.807, 2.05) is 0 Å². The van der Waals surface area contributed by atoms with Gasteiger partial charge in [-0.25, -0.2) is 0 Å². The highest BCUT2D eigenvalue weighted by Crippen LogP contribution is 2.15. The molecule has 0 aliphatic carbocycles. The molecule has 54 heavy (non-hydrogen) atoms. The van der Waals surface area contributed by atoms with Crippen LogP contribution in [0.3, 0.4) is 0 Å². The van der Waals surface area contributed by atoms with Gasteiger partial charge in [-0.3, -0.25) is 4.79 Å². The number of carbonyl (C=O) groups is 1. The lowest BCUT2D eigenvalue weighted by Gasteiger charge is -2.26. The summed E-state index contributed by atoms with van der Waals surface area (Å²) in [5.74, 6) is -0.162. The highest BCUT2D eigenvalue weighted by Gasteiger charge is 2.26. The Morgan fingerprint density at radius 1 is 0.444 bits per heavy atom. The fourth-order valence-corrected chi connectivity index (χ4v) is 7.23. The molecule has 3 unspecified atom stereocenters. The van der Waals surface area contributed by atoms with Gasteiger partial charge in [-0.1, -0.05) is 198 Å². The molecule has 0 aromatic rings. The Kier molecular flexibility index (Phi) is 43.1. The van der Waals surface area contributed by atoms with E-state index in [2.05, 4.69) is 55.6 Å². The maximum atomic E-state index is 12.4. The molecular weight excluding hydrogens is 667 g/mol. The van der Waals surface area contributed by atoms with E-state index in [1.165, 1.54) is 173 Å². The first-order valence-corrected chi connectivity index (χ1v) is 23.8. The molecule has 0 saturated carbocycles. The predicted molar refractivity (Wildman–Crippen MR) is 236 cm³/mol. The van der Waals surface area contributed by atoms with Crippen LogP contribution in [-0.4, -0.2) is 46.1 Å². The second kappa shape index (κ2) is 44.3. The van der Waals surface area contributed by atoms with E-state index in [0.29, 0.717) is 12.8 Å². The number of aliphatic hydroxyl groups is 3. The number of unbranched alkanes of at least 4 members (excludes halogenated alkanes) is 29. The second-order valence-electron chi connectivity index (χ2n) is 16.3. The van der Waals surface area contributed by atoms with E-state index >= 15 is 0 Å². The van der Waals surface area contributed by atoms with E-state index in [4.69, 9.17) is 0 Å². The quantitative estimate of drug-likeness (QED) is 0.0368. The topological polar surface area (TPSA) is 89.8 Å². The van der Waals surface area contributed by atoms with E-state index < -0.39 is 18.2 Å². The fraction of sp³-hybridized carbons (Fsp3) is 0.857. The monoisotopic (exact) mass is 760 g/mol. The molecular formula is C49H93NO4. The van der Waals surface area contributed by atoms with Gasteiger partial charge in [0.25, 0.3) is 0 Å². The molecule has 0 heterocycles. The summed E-state index contributed by atoms with van der Waals surface area (Å²) in [6, 6.07) is -0.834. The summed E-state index contributed by atoms with van der Waals surface area (Å²) in [6.45, 7) is 4.17. The third kappa shape index (κ3) is 38.8. The molecule has 4 N–H and O–H groups in total. The van der Waals surface area contributed by atoms with Crippen molar-refractivity contribution in [3.8, 4) is 0 Å². The number of aliphatic hydroxyl groups excluding tert-OH is 3. The summed E-state index contributed by atoms with van der Waals surface area (Å²) >= 11 is 0. The Bertz CT molecular complexity index is 840. The van der Waals surface area contributed by atoms with Crippen LogP contribution in [0.25, 0.3) is 0 Å². The van der Waals surface area contributed by atoms with Gasteiger partial charge in [-0.05, 0) is 77.0 Å². The van der Waals surface area contributed by atoms with Gasteiger partial charge < -0.3 is 20.6 Å². The van der Waals surface area contributed by atoms with Crippen LogP contribution < -0.4 is 5.32 Å². The summed E-state index contributed by atoms with van der Waals surface area (Å²) in [7, 11) is 0. The van der Waals surface area contributed by atoms with Crippen LogP contribution in [0.5, 0.6) is 0 Å². The third-order valence-electron chi connectivity index (χ3n) is 10.9. The van der Waals surface area contributed by atoms with Crippen molar-refractivity contribution in [3.05, 3.63) is 36.5 Å². The zero-order chi connectivity index (χ0) is 39.4. The van der Waals surface area contributed by atoms with E-state index in [1.54, 1.807) is 0 Å². The molecule has 0 radical (unpaired) electrons. The number of hydrogen-bond donors (Lipinski definition) is 4. The van der Waals surface area contributed by atoms with Crippen molar-refractivity contribution in [2.24, 2.45) is 0 Å². The van der Waals surface area contributed by atoms with Gasteiger partial charge in [-0.15, -0.1) is 0 Å². The Hall–Kier alpha value is -1.43. The summed E-state index contributed by atoms with van der Waals surface area (Å²) in [6.07, 6.45) is 55.5. The minimum atomic E-state index is -1.17. The Balaban J connectivity index is 3.66. The van der Waals surface area contributed by atoms with Gasteiger partial charge in [0.15, 0.2) is 0 Å². The third-order valence-corrected chi connectivity index (χ3v) is 10.9. The number of amides is 1. The van der Waals surface area contributed by atoms with Crippen molar-refractivity contribution in [1.82, 2.24) is 5.32 Å². The highest BCUT2D eigenvalue weighted by atomic mass is 16.3.